The first-order valence-electron chi connectivity index (χ1n) is 6.42. The molecule has 1 aromatic heterocycles. The number of nitrogen functional groups attached to an aromatic ring is 1. The van der Waals surface area contributed by atoms with Crippen LogP contribution >= 0.6 is 0 Å². The van der Waals surface area contributed by atoms with Crippen LogP contribution in [0.4, 0.5) is 10.1 Å². The lowest BCUT2D eigenvalue weighted by Gasteiger charge is -2.04. The summed E-state index contributed by atoms with van der Waals surface area (Å²) in [6.07, 6.45) is 0. The van der Waals surface area contributed by atoms with Gasteiger partial charge in [0.2, 0.25) is 0 Å². The van der Waals surface area contributed by atoms with E-state index in [0.29, 0.717) is 16.9 Å². The number of rotatable bonds is 3. The predicted molar refractivity (Wildman–Crippen MR) is 78.2 cm³/mol. The average Bonchev–Trinajstić information content (AvgIpc) is 2.89. The maximum atomic E-state index is 13.4. The largest absolute Gasteiger partial charge is 0.456 e. The number of esters is 1. The van der Waals surface area contributed by atoms with E-state index in [0.717, 1.165) is 10.9 Å². The van der Waals surface area contributed by atoms with E-state index in [2.05, 4.69) is 4.98 Å². The number of aromatic nitrogens is 1. The van der Waals surface area contributed by atoms with E-state index in [1.807, 2.05) is 0 Å². The van der Waals surface area contributed by atoms with Crippen molar-refractivity contribution in [1.82, 2.24) is 4.98 Å². The minimum Gasteiger partial charge on any atom is -0.456 e. The van der Waals surface area contributed by atoms with Crippen LogP contribution in [0.5, 0.6) is 0 Å². The molecule has 5 heteroatoms. The summed E-state index contributed by atoms with van der Waals surface area (Å²) in [6, 6.07) is 13.1. The quantitative estimate of drug-likeness (QED) is 0.573. The molecule has 0 fully saturated rings. The van der Waals surface area contributed by atoms with Crippen LogP contribution in [0.1, 0.15) is 16.1 Å². The van der Waals surface area contributed by atoms with Gasteiger partial charge in [-0.2, -0.15) is 0 Å². The fourth-order valence-corrected chi connectivity index (χ4v) is 2.10. The lowest BCUT2D eigenvalue weighted by molar-refractivity contribution is 0.0463. The van der Waals surface area contributed by atoms with E-state index in [1.165, 1.54) is 6.07 Å². The van der Waals surface area contributed by atoms with Crippen molar-refractivity contribution in [3.05, 3.63) is 65.6 Å². The number of nitrogens with two attached hydrogens (primary N) is 1. The lowest BCUT2D eigenvalue weighted by atomic mass is 10.2. The highest BCUT2D eigenvalue weighted by molar-refractivity contribution is 5.95. The number of H-pyrrole nitrogens is 1. The van der Waals surface area contributed by atoms with Gasteiger partial charge in [0.1, 0.15) is 18.1 Å². The highest BCUT2D eigenvalue weighted by Gasteiger charge is 2.12. The molecule has 3 aromatic rings. The molecule has 0 aliphatic carbocycles. The number of ether oxygens (including phenoxy) is 1. The van der Waals surface area contributed by atoms with E-state index in [-0.39, 0.29) is 6.61 Å². The van der Waals surface area contributed by atoms with E-state index < -0.39 is 11.8 Å². The molecule has 3 rings (SSSR count). The molecule has 0 saturated carbocycles. The van der Waals surface area contributed by atoms with Gasteiger partial charge in [0.15, 0.2) is 0 Å². The third-order valence-electron chi connectivity index (χ3n) is 3.18. The van der Waals surface area contributed by atoms with Gasteiger partial charge in [-0.05, 0) is 30.3 Å². The molecule has 0 atom stereocenters. The summed E-state index contributed by atoms with van der Waals surface area (Å²) in [5, 5.41) is 0.827. The van der Waals surface area contributed by atoms with Gasteiger partial charge in [-0.3, -0.25) is 0 Å². The zero-order chi connectivity index (χ0) is 14.8. The molecule has 0 unspecified atom stereocenters. The van der Waals surface area contributed by atoms with Gasteiger partial charge in [-0.25, -0.2) is 9.18 Å². The molecule has 0 aliphatic rings. The van der Waals surface area contributed by atoms with Crippen molar-refractivity contribution >= 4 is 22.6 Å². The Balaban J connectivity index is 1.76. The number of carbonyl (C=O) groups is 1. The maximum Gasteiger partial charge on any atom is 0.355 e. The molecule has 0 amide bonds. The second kappa shape index (κ2) is 5.28. The molecule has 0 saturated heterocycles. The van der Waals surface area contributed by atoms with Crippen LogP contribution in [0.2, 0.25) is 0 Å². The molecular formula is C16H13FN2O2. The number of benzene rings is 2. The Morgan fingerprint density at radius 1 is 1.19 bits per heavy atom. The molecular weight excluding hydrogens is 271 g/mol. The van der Waals surface area contributed by atoms with Gasteiger partial charge in [0, 0.05) is 22.2 Å². The van der Waals surface area contributed by atoms with Crippen molar-refractivity contribution in [2.45, 2.75) is 6.61 Å². The fraction of sp³-hybridized carbons (Fsp3) is 0.0625. The lowest BCUT2D eigenvalue weighted by Crippen LogP contribution is -2.06. The number of fused-ring (bicyclic) bond motifs is 1. The molecule has 0 radical (unpaired) electrons. The number of hydrogen-bond donors (Lipinski definition) is 2. The number of carbonyl (C=O) groups excluding carboxylic acids is 1. The maximum absolute atomic E-state index is 13.4. The Morgan fingerprint density at radius 3 is 2.81 bits per heavy atom. The first-order valence-corrected chi connectivity index (χ1v) is 6.42. The Bertz CT molecular complexity index is 811. The van der Waals surface area contributed by atoms with Crippen LogP contribution in [0, 0.1) is 5.82 Å². The zero-order valence-corrected chi connectivity index (χ0v) is 11.1. The normalized spacial score (nSPS) is 10.7. The smallest absolute Gasteiger partial charge is 0.355 e. The summed E-state index contributed by atoms with van der Waals surface area (Å²) >= 11 is 0. The Morgan fingerprint density at radius 2 is 2.00 bits per heavy atom. The fourth-order valence-electron chi connectivity index (χ4n) is 2.10. The molecule has 1 heterocycles. The Kier molecular flexibility index (Phi) is 3.31. The Labute approximate surface area is 120 Å². The summed E-state index contributed by atoms with van der Waals surface area (Å²) in [5.41, 5.74) is 7.75. The highest BCUT2D eigenvalue weighted by atomic mass is 19.1. The molecule has 21 heavy (non-hydrogen) atoms. The van der Waals surface area contributed by atoms with Crippen LogP contribution in [-0.4, -0.2) is 11.0 Å². The van der Waals surface area contributed by atoms with Gasteiger partial charge in [-0.15, -0.1) is 0 Å². The molecule has 4 nitrogen and oxygen atoms in total. The summed E-state index contributed by atoms with van der Waals surface area (Å²) in [6.45, 7) is -0.108. The standard InChI is InChI=1S/C16H13FN2O2/c17-13-4-2-1-3-10(13)9-21-16(20)15-8-11-7-12(18)5-6-14(11)19-15/h1-8,19H,9,18H2. The molecule has 0 spiro atoms. The Hall–Kier alpha value is -2.82. The van der Waals surface area contributed by atoms with Crippen LogP contribution in [0.15, 0.2) is 48.5 Å². The third kappa shape index (κ3) is 2.72. The second-order valence-corrected chi connectivity index (χ2v) is 4.70. The van der Waals surface area contributed by atoms with E-state index >= 15 is 0 Å². The van der Waals surface area contributed by atoms with E-state index in [4.69, 9.17) is 10.5 Å². The third-order valence-corrected chi connectivity index (χ3v) is 3.18. The molecule has 106 valence electrons. The molecule has 3 N–H and O–H groups in total. The first kappa shape index (κ1) is 13.2. The summed E-state index contributed by atoms with van der Waals surface area (Å²) in [4.78, 5) is 14.9. The summed E-state index contributed by atoms with van der Waals surface area (Å²) in [7, 11) is 0. The van der Waals surface area contributed by atoms with Crippen LogP contribution in [0.25, 0.3) is 10.9 Å². The number of hydrogen-bond acceptors (Lipinski definition) is 3. The van der Waals surface area contributed by atoms with Gasteiger partial charge < -0.3 is 15.5 Å². The monoisotopic (exact) mass is 284 g/mol. The van der Waals surface area contributed by atoms with Gasteiger partial charge in [0.25, 0.3) is 0 Å². The average molecular weight is 284 g/mol. The van der Waals surface area contributed by atoms with E-state index in [1.54, 1.807) is 42.5 Å². The summed E-state index contributed by atoms with van der Waals surface area (Å²) in [5.74, 6) is -0.928. The van der Waals surface area contributed by atoms with Crippen molar-refractivity contribution in [3.63, 3.8) is 0 Å². The minimum atomic E-state index is -0.534. The minimum absolute atomic E-state index is 0.108. The molecule has 0 bridgehead atoms. The first-order chi connectivity index (χ1) is 10.1. The second-order valence-electron chi connectivity index (χ2n) is 4.70. The number of anilines is 1. The number of nitrogens with one attached hydrogen (secondary N) is 1. The van der Waals surface area contributed by atoms with Crippen molar-refractivity contribution in [3.8, 4) is 0 Å². The van der Waals surface area contributed by atoms with E-state index in [9.17, 15) is 9.18 Å². The summed E-state index contributed by atoms with van der Waals surface area (Å²) < 4.78 is 18.6. The van der Waals surface area contributed by atoms with Crippen molar-refractivity contribution < 1.29 is 13.9 Å². The van der Waals surface area contributed by atoms with Gasteiger partial charge in [0.05, 0.1) is 0 Å². The predicted octanol–water partition coefficient (Wildman–Crippen LogP) is 3.25. The van der Waals surface area contributed by atoms with Crippen LogP contribution < -0.4 is 5.73 Å². The van der Waals surface area contributed by atoms with Crippen molar-refractivity contribution in [2.24, 2.45) is 0 Å². The van der Waals surface area contributed by atoms with Crippen molar-refractivity contribution in [2.75, 3.05) is 5.73 Å². The van der Waals surface area contributed by atoms with Gasteiger partial charge in [-0.1, -0.05) is 18.2 Å². The molecule has 0 aliphatic heterocycles. The number of halogens is 1. The number of aromatic amines is 1. The van der Waals surface area contributed by atoms with Gasteiger partial charge >= 0.3 is 5.97 Å². The SMILES string of the molecule is Nc1ccc2[nH]c(C(=O)OCc3ccccc3F)cc2c1. The van der Waals surface area contributed by atoms with Crippen molar-refractivity contribution in [1.29, 1.82) is 0 Å². The zero-order valence-electron chi connectivity index (χ0n) is 11.1. The van der Waals surface area contributed by atoms with Crippen LogP contribution in [0.3, 0.4) is 0 Å². The molecule has 2 aromatic carbocycles. The van der Waals surface area contributed by atoms with Crippen LogP contribution in [-0.2, 0) is 11.3 Å². The topological polar surface area (TPSA) is 68.1 Å². The highest BCUT2D eigenvalue weighted by Crippen LogP contribution is 2.19.